The quantitative estimate of drug-likeness (QED) is 0.179. The van der Waals surface area contributed by atoms with E-state index in [1.54, 1.807) is 0 Å². The van der Waals surface area contributed by atoms with E-state index in [-0.39, 0.29) is 12.1 Å². The van der Waals surface area contributed by atoms with E-state index in [1.807, 2.05) is 6.07 Å². The highest BCUT2D eigenvalue weighted by Crippen LogP contribution is 2.48. The Hall–Kier alpha value is -6.94. The summed E-state index contributed by atoms with van der Waals surface area (Å²) >= 11 is 0. The van der Waals surface area contributed by atoms with Crippen molar-refractivity contribution in [2.75, 3.05) is 0 Å². The average Bonchev–Trinajstić information content (AvgIpc) is 3.81. The topological polar surface area (TPSA) is 38.3 Å². The molecule has 0 spiro atoms. The fourth-order valence-electron chi connectivity index (χ4n) is 9.22. The first-order valence-electron chi connectivity index (χ1n) is 19.7. The summed E-state index contributed by atoms with van der Waals surface area (Å²) in [6, 6.07) is 62.6. The largest absolute Gasteiger partial charge is 0.456 e. The Bertz CT molecular complexity index is 3200. The zero-order chi connectivity index (χ0) is 38.0. The standard InChI is InChI=1S/C54H39NO2/c1-33-29-44(34(2)53(55-52(33)37-17-7-4-8-18-37)38-27-25-36(26-28-38)35-15-5-3-6-16-35)46-31-40(32-49-50(46)42-21-11-13-23-47(42)56-49)45-30-39-19-9-10-20-41(39)54-51(45)43-22-12-14-24-48(43)57-54/h3-28,30-32,52-53,55H,1,29H2,2H3. The summed E-state index contributed by atoms with van der Waals surface area (Å²) in [6.07, 6.45) is 0.705. The van der Waals surface area contributed by atoms with Crippen LogP contribution in [0.25, 0.3) is 82.5 Å². The van der Waals surface area contributed by atoms with Gasteiger partial charge in [-0.25, -0.2) is 0 Å². The van der Waals surface area contributed by atoms with Crippen LogP contribution in [-0.4, -0.2) is 0 Å². The predicted molar refractivity (Wildman–Crippen MR) is 237 cm³/mol. The van der Waals surface area contributed by atoms with Gasteiger partial charge in [-0.1, -0.05) is 158 Å². The lowest BCUT2D eigenvalue weighted by Gasteiger charge is -2.26. The van der Waals surface area contributed by atoms with E-state index in [0.717, 1.165) is 71.3 Å². The van der Waals surface area contributed by atoms with Crippen molar-refractivity contribution in [1.82, 2.24) is 5.32 Å². The van der Waals surface area contributed by atoms with Gasteiger partial charge >= 0.3 is 0 Å². The van der Waals surface area contributed by atoms with Gasteiger partial charge in [-0.05, 0) is 99.2 Å². The monoisotopic (exact) mass is 733 g/mol. The Morgan fingerprint density at radius 3 is 1.84 bits per heavy atom. The highest BCUT2D eigenvalue weighted by Gasteiger charge is 2.31. The molecular formula is C54H39NO2. The van der Waals surface area contributed by atoms with E-state index >= 15 is 0 Å². The zero-order valence-electron chi connectivity index (χ0n) is 31.6. The van der Waals surface area contributed by atoms with Crippen molar-refractivity contribution >= 4 is 60.2 Å². The molecule has 0 saturated carbocycles. The lowest BCUT2D eigenvalue weighted by Crippen LogP contribution is -2.27. The smallest absolute Gasteiger partial charge is 0.143 e. The summed E-state index contributed by atoms with van der Waals surface area (Å²) < 4.78 is 13.4. The van der Waals surface area contributed by atoms with Crippen LogP contribution >= 0.6 is 0 Å². The van der Waals surface area contributed by atoms with Crippen LogP contribution < -0.4 is 5.32 Å². The molecule has 8 aromatic carbocycles. The Kier molecular flexibility index (Phi) is 7.84. The first-order valence-corrected chi connectivity index (χ1v) is 19.7. The fraction of sp³-hybridized carbons (Fsp3) is 0.0741. The van der Waals surface area contributed by atoms with Gasteiger partial charge < -0.3 is 8.83 Å². The maximum Gasteiger partial charge on any atom is 0.143 e. The number of fused-ring (bicyclic) bond motifs is 8. The summed E-state index contributed by atoms with van der Waals surface area (Å²) in [5.74, 6) is 0. The number of benzene rings is 8. The minimum Gasteiger partial charge on any atom is -0.456 e. The second kappa shape index (κ2) is 13.4. The second-order valence-electron chi connectivity index (χ2n) is 15.4. The summed E-state index contributed by atoms with van der Waals surface area (Å²) in [5.41, 5.74) is 15.4. The van der Waals surface area contributed by atoms with Gasteiger partial charge in [-0.2, -0.15) is 0 Å². The van der Waals surface area contributed by atoms with Crippen molar-refractivity contribution in [2.24, 2.45) is 0 Å². The lowest BCUT2D eigenvalue weighted by atomic mass is 9.85. The summed E-state index contributed by atoms with van der Waals surface area (Å²) in [7, 11) is 0. The third-order valence-electron chi connectivity index (χ3n) is 12.0. The molecule has 10 aromatic rings. The molecule has 0 saturated heterocycles. The van der Waals surface area contributed by atoms with Crippen LogP contribution in [0.5, 0.6) is 0 Å². The SMILES string of the molecule is C=C1CC(c2cc(-c3cc4ccccc4c4oc5ccccc5c34)cc3oc4ccccc4c23)=C(C)C(c2ccc(-c3ccccc3)cc2)NC1c1ccccc1. The Labute approximate surface area is 331 Å². The molecule has 1 aliphatic heterocycles. The maximum atomic E-state index is 6.78. The molecule has 57 heavy (non-hydrogen) atoms. The van der Waals surface area contributed by atoms with E-state index in [2.05, 4.69) is 182 Å². The van der Waals surface area contributed by atoms with E-state index in [9.17, 15) is 0 Å². The van der Waals surface area contributed by atoms with Crippen LogP contribution in [0.1, 0.15) is 42.1 Å². The van der Waals surface area contributed by atoms with Crippen molar-refractivity contribution in [3.8, 4) is 22.3 Å². The molecule has 1 N–H and O–H groups in total. The summed E-state index contributed by atoms with van der Waals surface area (Å²) in [6.45, 7) is 7.11. The minimum atomic E-state index is -0.0728. The van der Waals surface area contributed by atoms with Crippen molar-refractivity contribution in [1.29, 1.82) is 0 Å². The number of hydrogen-bond donors (Lipinski definition) is 1. The number of nitrogens with one attached hydrogen (secondary N) is 1. The molecule has 3 heterocycles. The number of rotatable bonds is 5. The number of hydrogen-bond acceptors (Lipinski definition) is 3. The number of para-hydroxylation sites is 2. The van der Waals surface area contributed by atoms with Gasteiger partial charge in [0.15, 0.2) is 0 Å². The van der Waals surface area contributed by atoms with Crippen LogP contribution in [0.15, 0.2) is 202 Å². The normalized spacial score (nSPS) is 16.3. The summed E-state index contributed by atoms with van der Waals surface area (Å²) in [4.78, 5) is 0. The summed E-state index contributed by atoms with van der Waals surface area (Å²) in [5, 5.41) is 10.8. The molecule has 0 aliphatic carbocycles. The zero-order valence-corrected chi connectivity index (χ0v) is 31.6. The Morgan fingerprint density at radius 1 is 0.491 bits per heavy atom. The third kappa shape index (κ3) is 5.54. The van der Waals surface area contributed by atoms with Crippen LogP contribution in [0.3, 0.4) is 0 Å². The molecule has 1 aliphatic rings. The first-order chi connectivity index (χ1) is 28.1. The predicted octanol–water partition coefficient (Wildman–Crippen LogP) is 14.8. The van der Waals surface area contributed by atoms with Crippen molar-refractivity contribution in [3.63, 3.8) is 0 Å². The third-order valence-corrected chi connectivity index (χ3v) is 12.0. The van der Waals surface area contributed by atoms with Crippen LogP contribution in [0.2, 0.25) is 0 Å². The number of allylic oxidation sites excluding steroid dienone is 1. The highest BCUT2D eigenvalue weighted by atomic mass is 16.3. The van der Waals surface area contributed by atoms with Gasteiger partial charge in [-0.15, -0.1) is 0 Å². The van der Waals surface area contributed by atoms with Crippen LogP contribution in [-0.2, 0) is 0 Å². The molecule has 0 fully saturated rings. The fourth-order valence-corrected chi connectivity index (χ4v) is 9.22. The Balaban J connectivity index is 1.17. The minimum absolute atomic E-state index is 0.0466. The molecule has 0 bridgehead atoms. The Morgan fingerprint density at radius 2 is 1.09 bits per heavy atom. The molecule has 0 amide bonds. The first kappa shape index (κ1) is 33.4. The molecule has 11 rings (SSSR count). The molecular weight excluding hydrogens is 695 g/mol. The molecule has 0 radical (unpaired) electrons. The second-order valence-corrected chi connectivity index (χ2v) is 15.4. The molecule has 272 valence electrons. The van der Waals surface area contributed by atoms with Gasteiger partial charge in [0.05, 0.1) is 12.1 Å². The van der Waals surface area contributed by atoms with Crippen molar-refractivity contribution < 1.29 is 8.83 Å². The van der Waals surface area contributed by atoms with E-state index in [0.29, 0.717) is 6.42 Å². The van der Waals surface area contributed by atoms with Crippen LogP contribution in [0, 0.1) is 0 Å². The maximum absolute atomic E-state index is 6.78. The van der Waals surface area contributed by atoms with E-state index in [1.165, 1.54) is 39.0 Å². The van der Waals surface area contributed by atoms with Gasteiger partial charge in [0.2, 0.25) is 0 Å². The van der Waals surface area contributed by atoms with E-state index < -0.39 is 0 Å². The van der Waals surface area contributed by atoms with Crippen LogP contribution in [0.4, 0.5) is 0 Å². The molecule has 2 atom stereocenters. The molecule has 2 unspecified atom stereocenters. The van der Waals surface area contributed by atoms with Crippen molar-refractivity contribution in [2.45, 2.75) is 25.4 Å². The molecule has 3 nitrogen and oxygen atoms in total. The van der Waals surface area contributed by atoms with Gasteiger partial charge in [0.1, 0.15) is 22.3 Å². The van der Waals surface area contributed by atoms with E-state index in [4.69, 9.17) is 15.4 Å². The van der Waals surface area contributed by atoms with Crippen molar-refractivity contribution in [3.05, 3.63) is 210 Å². The number of furan rings is 2. The highest BCUT2D eigenvalue weighted by molar-refractivity contribution is 6.22. The lowest BCUT2D eigenvalue weighted by molar-refractivity contribution is 0.535. The average molecular weight is 734 g/mol. The van der Waals surface area contributed by atoms with Gasteiger partial charge in [0, 0.05) is 26.9 Å². The molecule has 3 heteroatoms. The molecule has 2 aromatic heterocycles. The van der Waals surface area contributed by atoms with Gasteiger partial charge in [-0.3, -0.25) is 5.32 Å². The van der Waals surface area contributed by atoms with Gasteiger partial charge in [0.25, 0.3) is 0 Å².